The molecule has 0 saturated heterocycles. The Morgan fingerprint density at radius 3 is 3.08 bits per heavy atom. The van der Waals surface area contributed by atoms with Gasteiger partial charge in [-0.2, -0.15) is 0 Å². The predicted molar refractivity (Wildman–Crippen MR) is 42.4 cm³/mol. The van der Waals surface area contributed by atoms with E-state index in [0.29, 0.717) is 11.1 Å². The highest BCUT2D eigenvalue weighted by molar-refractivity contribution is 6.01. The summed E-state index contributed by atoms with van der Waals surface area (Å²) in [5.74, 6) is -1.34. The van der Waals surface area contributed by atoms with E-state index in [1.165, 1.54) is 12.3 Å². The molecule has 0 aromatic carbocycles. The van der Waals surface area contributed by atoms with E-state index in [4.69, 9.17) is 5.11 Å². The zero-order chi connectivity index (χ0) is 9.42. The monoisotopic (exact) mass is 178 g/mol. The van der Waals surface area contributed by atoms with Crippen molar-refractivity contribution in [1.29, 1.82) is 0 Å². The van der Waals surface area contributed by atoms with Crippen LogP contribution in [0.15, 0.2) is 12.3 Å². The first-order chi connectivity index (χ1) is 6.20. The van der Waals surface area contributed by atoms with Crippen molar-refractivity contribution < 1.29 is 14.7 Å². The van der Waals surface area contributed by atoms with E-state index < -0.39 is 5.97 Å². The number of hydrogen-bond donors (Lipinski definition) is 2. The molecular formula is C8H6N2O3. The van der Waals surface area contributed by atoms with E-state index in [1.807, 2.05) is 0 Å². The minimum atomic E-state index is -1.10. The summed E-state index contributed by atoms with van der Waals surface area (Å²) in [5, 5.41) is 11.3. The number of rotatable bonds is 1. The summed E-state index contributed by atoms with van der Waals surface area (Å²) in [6, 6.07) is 1.52. The van der Waals surface area contributed by atoms with Crippen molar-refractivity contribution >= 4 is 11.9 Å². The van der Waals surface area contributed by atoms with Gasteiger partial charge in [0.25, 0.3) is 5.91 Å². The summed E-state index contributed by atoms with van der Waals surface area (Å²) >= 11 is 0. The van der Waals surface area contributed by atoms with Gasteiger partial charge in [-0.05, 0) is 6.07 Å². The first-order valence-electron chi connectivity index (χ1n) is 3.69. The van der Waals surface area contributed by atoms with Gasteiger partial charge < -0.3 is 10.4 Å². The molecule has 0 saturated carbocycles. The van der Waals surface area contributed by atoms with Crippen LogP contribution in [0.4, 0.5) is 0 Å². The molecule has 5 heteroatoms. The lowest BCUT2D eigenvalue weighted by molar-refractivity contribution is 0.0689. The highest BCUT2D eigenvalue weighted by Crippen LogP contribution is 2.17. The van der Waals surface area contributed by atoms with Crippen molar-refractivity contribution in [2.75, 3.05) is 0 Å². The summed E-state index contributed by atoms with van der Waals surface area (Å²) in [7, 11) is 0. The molecule has 2 rings (SSSR count). The first kappa shape index (κ1) is 7.72. The molecular weight excluding hydrogens is 172 g/mol. The number of carboxylic acids is 1. The number of pyridine rings is 1. The van der Waals surface area contributed by atoms with E-state index in [0.717, 1.165) is 0 Å². The van der Waals surface area contributed by atoms with Crippen LogP contribution in [-0.2, 0) is 6.54 Å². The van der Waals surface area contributed by atoms with Gasteiger partial charge >= 0.3 is 5.97 Å². The fourth-order valence-electron chi connectivity index (χ4n) is 1.33. The van der Waals surface area contributed by atoms with Crippen LogP contribution in [0.1, 0.15) is 26.4 Å². The summed E-state index contributed by atoms with van der Waals surface area (Å²) in [4.78, 5) is 25.5. The molecule has 0 spiro atoms. The zero-order valence-electron chi connectivity index (χ0n) is 6.57. The van der Waals surface area contributed by atoms with E-state index >= 15 is 0 Å². The van der Waals surface area contributed by atoms with E-state index in [-0.39, 0.29) is 18.1 Å². The lowest BCUT2D eigenvalue weighted by atomic mass is 10.1. The molecule has 1 aliphatic heterocycles. The Bertz CT molecular complexity index is 400. The molecule has 5 nitrogen and oxygen atoms in total. The van der Waals surface area contributed by atoms with Crippen LogP contribution in [0.25, 0.3) is 0 Å². The van der Waals surface area contributed by atoms with Crippen LogP contribution in [0, 0.1) is 0 Å². The highest BCUT2D eigenvalue weighted by Gasteiger charge is 2.24. The second kappa shape index (κ2) is 2.55. The highest BCUT2D eigenvalue weighted by atomic mass is 16.4. The van der Waals surface area contributed by atoms with Crippen molar-refractivity contribution in [3.63, 3.8) is 0 Å². The summed E-state index contributed by atoms with van der Waals surface area (Å²) in [6.07, 6.45) is 1.33. The van der Waals surface area contributed by atoms with Crippen LogP contribution < -0.4 is 5.32 Å². The lowest BCUT2D eigenvalue weighted by Gasteiger charge is -1.98. The number of carbonyl (C=O) groups is 2. The van der Waals surface area contributed by atoms with Crippen LogP contribution in [0.3, 0.4) is 0 Å². The number of nitrogens with one attached hydrogen (secondary N) is 1. The Balaban J connectivity index is 2.63. The smallest absolute Gasteiger partial charge is 0.354 e. The Morgan fingerprint density at radius 1 is 1.62 bits per heavy atom. The summed E-state index contributed by atoms with van der Waals surface area (Å²) in [6.45, 7) is 0.254. The maximum absolute atomic E-state index is 11.1. The van der Waals surface area contributed by atoms with E-state index in [9.17, 15) is 9.59 Å². The topological polar surface area (TPSA) is 79.3 Å². The maximum Gasteiger partial charge on any atom is 0.354 e. The van der Waals surface area contributed by atoms with Gasteiger partial charge in [-0.25, -0.2) is 9.78 Å². The van der Waals surface area contributed by atoms with Gasteiger partial charge in [-0.15, -0.1) is 0 Å². The molecule has 1 aliphatic rings. The van der Waals surface area contributed by atoms with Gasteiger partial charge in [0.15, 0.2) is 5.69 Å². The fraction of sp³-hybridized carbons (Fsp3) is 0.125. The third-order valence-corrected chi connectivity index (χ3v) is 1.93. The van der Waals surface area contributed by atoms with Crippen LogP contribution in [0.5, 0.6) is 0 Å². The SMILES string of the molecule is O=C1NCc2c1ccnc2C(=O)O. The minimum absolute atomic E-state index is 0.0455. The second-order valence-electron chi connectivity index (χ2n) is 2.67. The number of amides is 1. The molecule has 0 bridgehead atoms. The normalized spacial score (nSPS) is 13.7. The molecule has 0 fully saturated rings. The van der Waals surface area contributed by atoms with Crippen molar-refractivity contribution in [2.45, 2.75) is 6.54 Å². The Hall–Kier alpha value is -1.91. The molecule has 1 amide bonds. The van der Waals surface area contributed by atoms with Crippen molar-refractivity contribution in [2.24, 2.45) is 0 Å². The third kappa shape index (κ3) is 1.05. The van der Waals surface area contributed by atoms with Gasteiger partial charge in [-0.1, -0.05) is 0 Å². The molecule has 66 valence electrons. The van der Waals surface area contributed by atoms with E-state index in [2.05, 4.69) is 10.3 Å². The Labute approximate surface area is 73.4 Å². The first-order valence-corrected chi connectivity index (χ1v) is 3.69. The predicted octanol–water partition coefficient (Wildman–Crippen LogP) is 0.0232. The largest absolute Gasteiger partial charge is 0.477 e. The van der Waals surface area contributed by atoms with Crippen LogP contribution in [0.2, 0.25) is 0 Å². The fourth-order valence-corrected chi connectivity index (χ4v) is 1.33. The Morgan fingerprint density at radius 2 is 2.38 bits per heavy atom. The van der Waals surface area contributed by atoms with Crippen LogP contribution in [-0.4, -0.2) is 22.0 Å². The van der Waals surface area contributed by atoms with Gasteiger partial charge in [-0.3, -0.25) is 4.79 Å². The summed E-state index contributed by atoms with van der Waals surface area (Å²) in [5.41, 5.74) is 0.836. The number of nitrogens with zero attached hydrogens (tertiary/aromatic N) is 1. The molecule has 1 aromatic rings. The van der Waals surface area contributed by atoms with E-state index in [1.54, 1.807) is 0 Å². The molecule has 2 heterocycles. The lowest BCUT2D eigenvalue weighted by Crippen LogP contribution is -2.12. The second-order valence-corrected chi connectivity index (χ2v) is 2.67. The number of carboxylic acid groups (broad SMARTS) is 1. The number of aromatic nitrogens is 1. The van der Waals surface area contributed by atoms with Gasteiger partial charge in [0.05, 0.1) is 0 Å². The number of fused-ring (bicyclic) bond motifs is 1. The number of hydrogen-bond acceptors (Lipinski definition) is 3. The van der Waals surface area contributed by atoms with Crippen molar-refractivity contribution in [3.05, 3.63) is 29.1 Å². The maximum atomic E-state index is 11.1. The minimum Gasteiger partial charge on any atom is -0.477 e. The number of carbonyl (C=O) groups excluding carboxylic acids is 1. The zero-order valence-corrected chi connectivity index (χ0v) is 6.57. The molecule has 2 N–H and O–H groups in total. The van der Waals surface area contributed by atoms with Crippen molar-refractivity contribution in [1.82, 2.24) is 10.3 Å². The van der Waals surface area contributed by atoms with Gasteiger partial charge in [0.1, 0.15) is 0 Å². The van der Waals surface area contributed by atoms with Gasteiger partial charge in [0.2, 0.25) is 0 Å². The molecule has 0 aliphatic carbocycles. The third-order valence-electron chi connectivity index (χ3n) is 1.93. The average molecular weight is 178 g/mol. The average Bonchev–Trinajstić information content (AvgIpc) is 2.48. The Kier molecular flexibility index (Phi) is 1.51. The summed E-state index contributed by atoms with van der Waals surface area (Å²) < 4.78 is 0. The molecule has 0 radical (unpaired) electrons. The number of aromatic carboxylic acids is 1. The van der Waals surface area contributed by atoms with Crippen LogP contribution >= 0.6 is 0 Å². The quantitative estimate of drug-likeness (QED) is 0.635. The molecule has 13 heavy (non-hydrogen) atoms. The molecule has 1 aromatic heterocycles. The molecule has 0 unspecified atom stereocenters. The van der Waals surface area contributed by atoms with Crippen molar-refractivity contribution in [3.8, 4) is 0 Å². The molecule has 0 atom stereocenters. The van der Waals surface area contributed by atoms with Gasteiger partial charge in [0, 0.05) is 23.9 Å². The standard InChI is InChI=1S/C8H6N2O3/c11-7-4-1-2-9-6(8(12)13)5(4)3-10-7/h1-2H,3H2,(H,10,11)(H,12,13).